The maximum Gasteiger partial charge on any atom is 0.270 e. The molecule has 29 heavy (non-hydrogen) atoms. The van der Waals surface area contributed by atoms with Crippen LogP contribution in [0.1, 0.15) is 6.92 Å². The molecule has 0 amide bonds. The smallest absolute Gasteiger partial charge is 0.270 e. The van der Waals surface area contributed by atoms with E-state index in [0.717, 1.165) is 30.7 Å². The van der Waals surface area contributed by atoms with Crippen LogP contribution in [0.15, 0.2) is 71.9 Å². The predicted molar refractivity (Wildman–Crippen MR) is 116 cm³/mol. The first kappa shape index (κ1) is 18.1. The van der Waals surface area contributed by atoms with Crippen LogP contribution in [-0.4, -0.2) is 43.1 Å². The molecule has 0 saturated carbocycles. The third kappa shape index (κ3) is 2.97. The summed E-state index contributed by atoms with van der Waals surface area (Å²) in [5.41, 5.74) is 2.29. The molecule has 148 valence electrons. The number of imidazole rings is 1. The summed E-state index contributed by atoms with van der Waals surface area (Å²) in [5, 5.41) is 5.04. The summed E-state index contributed by atoms with van der Waals surface area (Å²) in [6.07, 6.45) is 1.43. The average Bonchev–Trinajstić information content (AvgIpc) is 3.18. The van der Waals surface area contributed by atoms with Crippen LogP contribution in [0, 0.1) is 0 Å². The number of para-hydroxylation sites is 1. The summed E-state index contributed by atoms with van der Waals surface area (Å²) in [6.45, 7) is 4.77. The highest BCUT2D eigenvalue weighted by Gasteiger charge is 2.24. The number of fused-ring (bicyclic) bond motifs is 2. The lowest BCUT2D eigenvalue weighted by Gasteiger charge is -2.33. The molecule has 0 aliphatic carbocycles. The summed E-state index contributed by atoms with van der Waals surface area (Å²) in [7, 11) is -3.78. The van der Waals surface area contributed by atoms with Gasteiger partial charge in [0.05, 0.1) is 16.1 Å². The number of nitrogens with zero attached hydrogens (tertiary/aromatic N) is 3. The van der Waals surface area contributed by atoms with Gasteiger partial charge in [0.25, 0.3) is 10.0 Å². The Labute approximate surface area is 169 Å². The molecule has 1 atom stereocenters. The highest BCUT2D eigenvalue weighted by molar-refractivity contribution is 7.90. The number of rotatable bonds is 3. The van der Waals surface area contributed by atoms with Crippen LogP contribution in [0.2, 0.25) is 0 Å². The first-order valence-corrected chi connectivity index (χ1v) is 11.2. The van der Waals surface area contributed by atoms with E-state index in [0.29, 0.717) is 22.5 Å². The monoisotopic (exact) mass is 406 g/mol. The van der Waals surface area contributed by atoms with E-state index >= 15 is 0 Å². The Balaban J connectivity index is 1.67. The van der Waals surface area contributed by atoms with Crippen LogP contribution in [0.4, 0.5) is 5.69 Å². The van der Waals surface area contributed by atoms with Crippen molar-refractivity contribution < 1.29 is 8.42 Å². The molecule has 2 heterocycles. The second-order valence-electron chi connectivity index (χ2n) is 7.47. The maximum absolute atomic E-state index is 13.6. The van der Waals surface area contributed by atoms with E-state index in [1.807, 2.05) is 48.5 Å². The Hall–Kier alpha value is -2.90. The van der Waals surface area contributed by atoms with Crippen LogP contribution >= 0.6 is 0 Å². The molecule has 7 heteroatoms. The number of piperazine rings is 1. The largest absolute Gasteiger partial charge is 0.367 e. The Morgan fingerprint density at radius 2 is 1.83 bits per heavy atom. The summed E-state index contributed by atoms with van der Waals surface area (Å²) in [4.78, 5) is 7.07. The van der Waals surface area contributed by atoms with E-state index < -0.39 is 10.0 Å². The van der Waals surface area contributed by atoms with E-state index in [1.165, 1.54) is 10.3 Å². The normalized spacial score (nSPS) is 17.8. The summed E-state index contributed by atoms with van der Waals surface area (Å²) in [5.74, 6) is 0. The first-order chi connectivity index (χ1) is 14.1. The quantitative estimate of drug-likeness (QED) is 0.566. The van der Waals surface area contributed by atoms with Gasteiger partial charge in [-0.05, 0) is 30.5 Å². The standard InChI is InChI=1S/C22H22N4O2S/c1-16-14-25(13-12-23-16)19-9-5-10-20-22(19)24-15-26(20)29(27,28)21-11-4-7-17-6-2-3-8-18(17)21/h2-11,15-16,23H,12-14H2,1H3/t16-/m1/s1. The maximum atomic E-state index is 13.6. The molecule has 1 saturated heterocycles. The van der Waals surface area contributed by atoms with Gasteiger partial charge in [0.1, 0.15) is 11.8 Å². The fraction of sp³-hybridized carbons (Fsp3) is 0.227. The van der Waals surface area contributed by atoms with Gasteiger partial charge in [0.2, 0.25) is 0 Å². The van der Waals surface area contributed by atoms with Crippen LogP contribution in [0.5, 0.6) is 0 Å². The van der Waals surface area contributed by atoms with Gasteiger partial charge in [-0.25, -0.2) is 17.4 Å². The van der Waals surface area contributed by atoms with Crippen molar-refractivity contribution in [3.05, 3.63) is 67.0 Å². The summed E-state index contributed by atoms with van der Waals surface area (Å²) in [6, 6.07) is 19.0. The van der Waals surface area contributed by atoms with E-state index in [2.05, 4.69) is 22.1 Å². The average molecular weight is 407 g/mol. The van der Waals surface area contributed by atoms with Crippen LogP contribution in [0.3, 0.4) is 0 Å². The highest BCUT2D eigenvalue weighted by atomic mass is 32.2. The van der Waals surface area contributed by atoms with Crippen LogP contribution in [0.25, 0.3) is 21.8 Å². The van der Waals surface area contributed by atoms with Crippen molar-refractivity contribution in [1.82, 2.24) is 14.3 Å². The zero-order chi connectivity index (χ0) is 20.0. The molecule has 0 bridgehead atoms. The zero-order valence-corrected chi connectivity index (χ0v) is 16.9. The van der Waals surface area contributed by atoms with Gasteiger partial charge in [0, 0.05) is 31.1 Å². The van der Waals surface area contributed by atoms with Gasteiger partial charge in [-0.2, -0.15) is 0 Å². The summed E-state index contributed by atoms with van der Waals surface area (Å²) >= 11 is 0. The molecule has 5 rings (SSSR count). The van der Waals surface area contributed by atoms with Gasteiger partial charge in [-0.1, -0.05) is 42.5 Å². The number of benzene rings is 3. The van der Waals surface area contributed by atoms with Gasteiger partial charge < -0.3 is 10.2 Å². The van der Waals surface area contributed by atoms with Crippen molar-refractivity contribution in [3.8, 4) is 0 Å². The lowest BCUT2D eigenvalue weighted by molar-refractivity contribution is 0.485. The molecule has 0 spiro atoms. The molecule has 1 fully saturated rings. The van der Waals surface area contributed by atoms with E-state index in [4.69, 9.17) is 0 Å². The van der Waals surface area contributed by atoms with E-state index in [1.54, 1.807) is 12.1 Å². The number of hydrogen-bond donors (Lipinski definition) is 1. The summed E-state index contributed by atoms with van der Waals surface area (Å²) < 4.78 is 28.4. The predicted octanol–water partition coefficient (Wildman–Crippen LogP) is 3.22. The van der Waals surface area contributed by atoms with Crippen molar-refractivity contribution in [2.24, 2.45) is 0 Å². The fourth-order valence-electron chi connectivity index (χ4n) is 4.13. The lowest BCUT2D eigenvalue weighted by atomic mass is 10.1. The second-order valence-corrected chi connectivity index (χ2v) is 9.25. The Morgan fingerprint density at radius 3 is 2.69 bits per heavy atom. The number of nitrogens with one attached hydrogen (secondary N) is 1. The minimum Gasteiger partial charge on any atom is -0.367 e. The molecule has 0 radical (unpaired) electrons. The van der Waals surface area contributed by atoms with Gasteiger partial charge in [-0.3, -0.25) is 0 Å². The molecule has 0 unspecified atom stereocenters. The molecule has 1 aromatic heterocycles. The van der Waals surface area contributed by atoms with E-state index in [9.17, 15) is 8.42 Å². The first-order valence-electron chi connectivity index (χ1n) is 9.73. The molecular formula is C22H22N4O2S. The fourth-order valence-corrected chi connectivity index (χ4v) is 5.63. The second kappa shape index (κ2) is 6.86. The van der Waals surface area contributed by atoms with Crippen molar-refractivity contribution in [1.29, 1.82) is 0 Å². The molecule has 1 N–H and O–H groups in total. The molecule has 4 aromatic rings. The Bertz CT molecular complexity index is 1310. The van der Waals surface area contributed by atoms with Gasteiger partial charge in [-0.15, -0.1) is 0 Å². The number of anilines is 1. The van der Waals surface area contributed by atoms with Gasteiger partial charge >= 0.3 is 0 Å². The van der Waals surface area contributed by atoms with Crippen molar-refractivity contribution in [3.63, 3.8) is 0 Å². The minimum atomic E-state index is -3.78. The zero-order valence-electron chi connectivity index (χ0n) is 16.1. The molecular weight excluding hydrogens is 384 g/mol. The van der Waals surface area contributed by atoms with Crippen LogP contribution < -0.4 is 10.2 Å². The van der Waals surface area contributed by atoms with Crippen molar-refractivity contribution in [2.45, 2.75) is 17.9 Å². The Morgan fingerprint density at radius 1 is 1.03 bits per heavy atom. The van der Waals surface area contributed by atoms with Gasteiger partial charge in [0.15, 0.2) is 0 Å². The number of aromatic nitrogens is 2. The number of hydrogen-bond acceptors (Lipinski definition) is 5. The van der Waals surface area contributed by atoms with Crippen molar-refractivity contribution in [2.75, 3.05) is 24.5 Å². The third-order valence-corrected chi connectivity index (χ3v) is 7.24. The minimum absolute atomic E-state index is 0.288. The van der Waals surface area contributed by atoms with Crippen molar-refractivity contribution >= 4 is 37.5 Å². The Kier molecular flexibility index (Phi) is 4.29. The lowest BCUT2D eigenvalue weighted by Crippen LogP contribution is -2.49. The third-order valence-electron chi connectivity index (χ3n) is 5.52. The molecule has 6 nitrogen and oxygen atoms in total. The van der Waals surface area contributed by atoms with Crippen LogP contribution in [-0.2, 0) is 10.0 Å². The topological polar surface area (TPSA) is 67.2 Å². The molecule has 1 aliphatic heterocycles. The molecule has 1 aliphatic rings. The highest BCUT2D eigenvalue weighted by Crippen LogP contribution is 2.31. The van der Waals surface area contributed by atoms with E-state index in [-0.39, 0.29) is 4.90 Å². The molecule has 3 aromatic carbocycles. The SMILES string of the molecule is C[C@@H]1CN(c2cccc3c2ncn3S(=O)(=O)c2cccc3ccccc23)CCN1.